The van der Waals surface area contributed by atoms with Gasteiger partial charge in [-0.1, -0.05) is 6.92 Å². The van der Waals surface area contributed by atoms with Crippen LogP contribution in [0.2, 0.25) is 0 Å². The van der Waals surface area contributed by atoms with Gasteiger partial charge in [-0.05, 0) is 50.6 Å². The third kappa shape index (κ3) is 3.48. The van der Waals surface area contributed by atoms with Crippen molar-refractivity contribution in [2.75, 3.05) is 5.32 Å². The summed E-state index contributed by atoms with van der Waals surface area (Å²) >= 11 is 0. The molecule has 0 aliphatic heterocycles. The number of aromatic nitrogens is 2. The van der Waals surface area contributed by atoms with Gasteiger partial charge in [0.15, 0.2) is 0 Å². The van der Waals surface area contributed by atoms with Crippen LogP contribution in [0.1, 0.15) is 23.9 Å². The molecule has 0 aliphatic rings. The Hall–Kier alpha value is -2.17. The van der Waals surface area contributed by atoms with Crippen LogP contribution in [-0.4, -0.2) is 15.7 Å². The van der Waals surface area contributed by atoms with Crippen molar-refractivity contribution in [1.29, 1.82) is 0 Å². The molecule has 1 N–H and O–H groups in total. The number of carbonyl (C=O) groups excluding carboxylic acids is 1. The van der Waals surface area contributed by atoms with Crippen LogP contribution in [0.15, 0.2) is 24.3 Å². The number of halogens is 1. The largest absolute Gasteiger partial charge is 0.326 e. The summed E-state index contributed by atoms with van der Waals surface area (Å²) in [4.78, 5) is 12.2. The van der Waals surface area contributed by atoms with E-state index in [1.54, 1.807) is 12.1 Å². The lowest BCUT2D eigenvalue weighted by Crippen LogP contribution is -2.25. The van der Waals surface area contributed by atoms with Crippen LogP contribution in [0, 0.1) is 32.5 Å². The summed E-state index contributed by atoms with van der Waals surface area (Å²) in [6.07, 6.45) is 0. The minimum Gasteiger partial charge on any atom is -0.326 e. The molecule has 4 nitrogen and oxygen atoms in total. The van der Waals surface area contributed by atoms with Crippen molar-refractivity contribution in [3.05, 3.63) is 47.0 Å². The van der Waals surface area contributed by atoms with Crippen molar-refractivity contribution >= 4 is 11.6 Å². The van der Waals surface area contributed by atoms with Gasteiger partial charge in [0.1, 0.15) is 5.82 Å². The van der Waals surface area contributed by atoms with Crippen LogP contribution < -0.4 is 5.32 Å². The molecule has 1 aromatic carbocycles. The number of nitrogens with zero attached hydrogens (tertiary/aromatic N) is 2. The number of carbonyl (C=O) groups is 1. The highest BCUT2D eigenvalue weighted by Gasteiger charge is 2.16. The van der Waals surface area contributed by atoms with Gasteiger partial charge in [0.25, 0.3) is 0 Å². The van der Waals surface area contributed by atoms with Crippen molar-refractivity contribution < 1.29 is 9.18 Å². The Bertz CT molecular complexity index is 646. The zero-order valence-electron chi connectivity index (χ0n) is 12.8. The fourth-order valence-electron chi connectivity index (χ4n) is 2.11. The number of aryl methyl sites for hydroxylation is 1. The van der Waals surface area contributed by atoms with Crippen molar-refractivity contribution in [1.82, 2.24) is 9.78 Å². The third-order valence-corrected chi connectivity index (χ3v) is 3.75. The Morgan fingerprint density at radius 3 is 2.43 bits per heavy atom. The SMILES string of the molecule is Cc1nn(C[C@H](C)C(=O)Nc2ccc(F)cc2)c(C)c1C. The first-order chi connectivity index (χ1) is 9.88. The third-order valence-electron chi connectivity index (χ3n) is 3.75. The molecule has 2 aromatic rings. The van der Waals surface area contributed by atoms with Gasteiger partial charge < -0.3 is 5.32 Å². The molecule has 0 saturated heterocycles. The number of benzene rings is 1. The monoisotopic (exact) mass is 289 g/mol. The van der Waals surface area contributed by atoms with Gasteiger partial charge in [-0.2, -0.15) is 5.10 Å². The van der Waals surface area contributed by atoms with Gasteiger partial charge >= 0.3 is 0 Å². The second kappa shape index (κ2) is 6.08. The lowest BCUT2D eigenvalue weighted by atomic mass is 10.1. The summed E-state index contributed by atoms with van der Waals surface area (Å²) < 4.78 is 14.7. The van der Waals surface area contributed by atoms with Gasteiger partial charge in [-0.3, -0.25) is 9.48 Å². The van der Waals surface area contributed by atoms with E-state index in [-0.39, 0.29) is 17.6 Å². The van der Waals surface area contributed by atoms with E-state index in [9.17, 15) is 9.18 Å². The molecule has 2 rings (SSSR count). The summed E-state index contributed by atoms with van der Waals surface area (Å²) in [6, 6.07) is 5.75. The predicted molar refractivity (Wildman–Crippen MR) is 80.6 cm³/mol. The molecule has 0 radical (unpaired) electrons. The molecule has 0 bridgehead atoms. The lowest BCUT2D eigenvalue weighted by Gasteiger charge is -2.13. The highest BCUT2D eigenvalue weighted by molar-refractivity contribution is 5.92. The van der Waals surface area contributed by atoms with E-state index in [1.165, 1.54) is 12.1 Å². The fourth-order valence-corrected chi connectivity index (χ4v) is 2.11. The predicted octanol–water partition coefficient (Wildman–Crippen LogP) is 3.22. The molecule has 1 heterocycles. The average Bonchev–Trinajstić information content (AvgIpc) is 2.69. The molecule has 1 amide bonds. The number of hydrogen-bond acceptors (Lipinski definition) is 2. The second-order valence-corrected chi connectivity index (χ2v) is 5.38. The smallest absolute Gasteiger partial charge is 0.229 e. The molecule has 0 saturated carbocycles. The van der Waals surface area contributed by atoms with Gasteiger partial charge in [-0.15, -0.1) is 0 Å². The Morgan fingerprint density at radius 2 is 1.90 bits per heavy atom. The maximum absolute atomic E-state index is 12.8. The molecule has 21 heavy (non-hydrogen) atoms. The maximum Gasteiger partial charge on any atom is 0.229 e. The van der Waals surface area contributed by atoms with E-state index < -0.39 is 0 Å². The molecule has 0 unspecified atom stereocenters. The van der Waals surface area contributed by atoms with E-state index >= 15 is 0 Å². The second-order valence-electron chi connectivity index (χ2n) is 5.38. The molecule has 112 valence electrons. The molecule has 0 spiro atoms. The Kier molecular flexibility index (Phi) is 4.40. The normalized spacial score (nSPS) is 12.2. The number of anilines is 1. The Balaban J connectivity index is 2.02. The molecule has 1 aromatic heterocycles. The molecule has 0 fully saturated rings. The van der Waals surface area contributed by atoms with Crippen LogP contribution in [0.25, 0.3) is 0 Å². The van der Waals surface area contributed by atoms with Gasteiger partial charge in [0.05, 0.1) is 18.2 Å². The fraction of sp³-hybridized carbons (Fsp3) is 0.375. The van der Waals surface area contributed by atoms with Crippen LogP contribution in [0.4, 0.5) is 10.1 Å². The molecular formula is C16H20FN3O. The zero-order chi connectivity index (χ0) is 15.6. The van der Waals surface area contributed by atoms with E-state index in [4.69, 9.17) is 0 Å². The Labute approximate surface area is 124 Å². The van der Waals surface area contributed by atoms with E-state index in [2.05, 4.69) is 10.4 Å². The first kappa shape index (κ1) is 15.2. The molecule has 1 atom stereocenters. The van der Waals surface area contributed by atoms with E-state index in [0.29, 0.717) is 12.2 Å². The summed E-state index contributed by atoms with van der Waals surface area (Å²) in [7, 11) is 0. The highest BCUT2D eigenvalue weighted by Crippen LogP contribution is 2.15. The summed E-state index contributed by atoms with van der Waals surface area (Å²) in [6.45, 7) is 8.36. The lowest BCUT2D eigenvalue weighted by molar-refractivity contribution is -0.119. The number of amides is 1. The van der Waals surface area contributed by atoms with Crippen molar-refractivity contribution in [2.24, 2.45) is 5.92 Å². The number of nitrogens with one attached hydrogen (secondary N) is 1. The zero-order valence-corrected chi connectivity index (χ0v) is 12.8. The van der Waals surface area contributed by atoms with Crippen molar-refractivity contribution in [3.63, 3.8) is 0 Å². The van der Waals surface area contributed by atoms with E-state index in [0.717, 1.165) is 17.0 Å². The van der Waals surface area contributed by atoms with Crippen molar-refractivity contribution in [3.8, 4) is 0 Å². The number of rotatable bonds is 4. The van der Waals surface area contributed by atoms with Gasteiger partial charge in [-0.25, -0.2) is 4.39 Å². The van der Waals surface area contributed by atoms with Crippen LogP contribution in [-0.2, 0) is 11.3 Å². The minimum absolute atomic E-state index is 0.105. The maximum atomic E-state index is 12.8. The summed E-state index contributed by atoms with van der Waals surface area (Å²) in [5.74, 6) is -0.654. The van der Waals surface area contributed by atoms with Crippen LogP contribution in [0.3, 0.4) is 0 Å². The quantitative estimate of drug-likeness (QED) is 0.939. The van der Waals surface area contributed by atoms with Gasteiger partial charge in [0, 0.05) is 11.4 Å². The minimum atomic E-state index is -0.320. The number of hydrogen-bond donors (Lipinski definition) is 1. The Morgan fingerprint density at radius 1 is 1.29 bits per heavy atom. The molecular weight excluding hydrogens is 269 g/mol. The molecule has 0 aliphatic carbocycles. The topological polar surface area (TPSA) is 46.9 Å². The van der Waals surface area contributed by atoms with Crippen LogP contribution >= 0.6 is 0 Å². The first-order valence-corrected chi connectivity index (χ1v) is 6.95. The van der Waals surface area contributed by atoms with Gasteiger partial charge in [0.2, 0.25) is 5.91 Å². The molecule has 5 heteroatoms. The highest BCUT2D eigenvalue weighted by atomic mass is 19.1. The average molecular weight is 289 g/mol. The van der Waals surface area contributed by atoms with Crippen molar-refractivity contribution in [2.45, 2.75) is 34.2 Å². The standard InChI is InChI=1S/C16H20FN3O/c1-10(9-20-13(4)11(2)12(3)19-20)16(21)18-15-7-5-14(17)6-8-15/h5-8,10H,9H2,1-4H3,(H,18,21)/t10-/m0/s1. The first-order valence-electron chi connectivity index (χ1n) is 6.95. The summed E-state index contributed by atoms with van der Waals surface area (Å²) in [5, 5.41) is 7.22. The summed E-state index contributed by atoms with van der Waals surface area (Å²) in [5.41, 5.74) is 3.81. The van der Waals surface area contributed by atoms with E-state index in [1.807, 2.05) is 32.4 Å². The van der Waals surface area contributed by atoms with Crippen LogP contribution in [0.5, 0.6) is 0 Å².